The molecule has 2 saturated heterocycles. The third kappa shape index (κ3) is 18.0. The molecular weight excluding hydrogens is 853 g/mol. The van der Waals surface area contributed by atoms with E-state index >= 15 is 0 Å². The fraction of sp³-hybridized carbons (Fsp3) is 0.568. The lowest BCUT2D eigenvalue weighted by Crippen LogP contribution is -2.36. The molecule has 15 nitrogen and oxygen atoms in total. The largest absolute Gasteiger partial charge is 0.379 e. The molecule has 5 N–H and O–H groups in total. The highest BCUT2D eigenvalue weighted by Crippen LogP contribution is 2.33. The van der Waals surface area contributed by atoms with Gasteiger partial charge in [-0.05, 0) is 36.6 Å². The van der Waals surface area contributed by atoms with Gasteiger partial charge in [0.25, 0.3) is 0 Å². The minimum Gasteiger partial charge on any atom is -0.379 e. The SMILES string of the molecule is O=C(CCCC[C@@H]1SC[C@@H]2NC(=O)N[C@@H]21)NCCOCCOCCOCCOCCC(=O)NCCSSCCNC(=O)CCC(=O)N1Cc2ccccc2C#Cc2ccccc21. The first-order chi connectivity index (χ1) is 30.4. The molecule has 3 aliphatic heterocycles. The molecule has 0 aliphatic carbocycles. The van der Waals surface area contributed by atoms with Gasteiger partial charge in [0.1, 0.15) is 0 Å². The number of hydrogen-bond acceptors (Lipinski definition) is 12. The van der Waals surface area contributed by atoms with Crippen LogP contribution in [0.25, 0.3) is 0 Å². The van der Waals surface area contributed by atoms with E-state index in [1.165, 1.54) is 0 Å². The van der Waals surface area contributed by atoms with E-state index < -0.39 is 0 Å². The molecule has 338 valence electrons. The second-order valence-electron chi connectivity index (χ2n) is 14.7. The van der Waals surface area contributed by atoms with Gasteiger partial charge in [-0.2, -0.15) is 11.8 Å². The van der Waals surface area contributed by atoms with Crippen molar-refractivity contribution in [2.45, 2.75) is 68.8 Å². The van der Waals surface area contributed by atoms with E-state index in [2.05, 4.69) is 38.4 Å². The summed E-state index contributed by atoms with van der Waals surface area (Å²) in [5.41, 5.74) is 3.41. The van der Waals surface area contributed by atoms with Crippen molar-refractivity contribution >= 4 is 68.7 Å². The van der Waals surface area contributed by atoms with Gasteiger partial charge in [0.05, 0.1) is 77.2 Å². The summed E-state index contributed by atoms with van der Waals surface area (Å²) in [5.74, 6) is 8.47. The maximum atomic E-state index is 13.3. The average Bonchev–Trinajstić information content (AvgIpc) is 3.83. The summed E-state index contributed by atoms with van der Waals surface area (Å²) in [6.45, 7) is 5.14. The number of amides is 6. The molecule has 3 heterocycles. The summed E-state index contributed by atoms with van der Waals surface area (Å²) in [7, 11) is 3.24. The molecule has 3 atom stereocenters. The third-order valence-corrected chi connectivity index (χ3v) is 14.0. The fourth-order valence-corrected chi connectivity index (χ4v) is 10.2. The number of carbonyl (C=O) groups is 5. The van der Waals surface area contributed by atoms with Crippen LogP contribution in [0.3, 0.4) is 0 Å². The van der Waals surface area contributed by atoms with Crippen LogP contribution < -0.4 is 31.5 Å². The molecule has 3 aliphatic rings. The Bertz CT molecular complexity index is 1810. The first kappa shape index (κ1) is 49.1. The molecule has 0 spiro atoms. The number of benzene rings is 2. The summed E-state index contributed by atoms with van der Waals surface area (Å²) in [4.78, 5) is 63.3. The summed E-state index contributed by atoms with van der Waals surface area (Å²) in [6.07, 6.45) is 3.76. The number of nitrogens with zero attached hydrogens (tertiary/aromatic N) is 1. The first-order valence-corrected chi connectivity index (χ1v) is 24.9. The Morgan fingerprint density at radius 1 is 0.677 bits per heavy atom. The molecule has 0 aromatic heterocycles. The molecule has 0 bridgehead atoms. The second kappa shape index (κ2) is 28.7. The summed E-state index contributed by atoms with van der Waals surface area (Å²) in [6, 6.07) is 15.8. The maximum absolute atomic E-state index is 13.3. The molecular formula is C44H60N6O9S3. The van der Waals surface area contributed by atoms with Crippen molar-refractivity contribution in [2.24, 2.45) is 0 Å². The smallest absolute Gasteiger partial charge is 0.315 e. The molecule has 0 saturated carbocycles. The van der Waals surface area contributed by atoms with E-state index in [4.69, 9.17) is 18.9 Å². The Labute approximate surface area is 377 Å². The summed E-state index contributed by atoms with van der Waals surface area (Å²) < 4.78 is 22.0. The molecule has 18 heteroatoms. The highest BCUT2D eigenvalue weighted by atomic mass is 33.1. The van der Waals surface area contributed by atoms with Crippen LogP contribution in [0.2, 0.25) is 0 Å². The number of unbranched alkanes of at least 4 members (excludes halogenated alkanes) is 1. The van der Waals surface area contributed by atoms with Crippen LogP contribution in [-0.4, -0.2) is 137 Å². The van der Waals surface area contributed by atoms with Crippen molar-refractivity contribution in [3.05, 3.63) is 65.2 Å². The van der Waals surface area contributed by atoms with Crippen molar-refractivity contribution in [1.82, 2.24) is 26.6 Å². The number of rotatable bonds is 30. The quantitative estimate of drug-likeness (QED) is 0.0333. The molecule has 62 heavy (non-hydrogen) atoms. The number of nitrogens with one attached hydrogen (secondary N) is 5. The van der Waals surface area contributed by atoms with Gasteiger partial charge in [-0.25, -0.2) is 4.79 Å². The van der Waals surface area contributed by atoms with Gasteiger partial charge in [0, 0.05) is 79.0 Å². The highest BCUT2D eigenvalue weighted by molar-refractivity contribution is 8.76. The zero-order chi connectivity index (χ0) is 43.6. The van der Waals surface area contributed by atoms with Crippen molar-refractivity contribution in [3.63, 3.8) is 0 Å². The van der Waals surface area contributed by atoms with Crippen LogP contribution in [0, 0.1) is 11.8 Å². The van der Waals surface area contributed by atoms with Gasteiger partial charge in [-0.15, -0.1) is 0 Å². The van der Waals surface area contributed by atoms with E-state index in [0.29, 0.717) is 96.5 Å². The standard InChI is InChI=1S/C44H60N6O9S3/c51-39(12-6-5-11-38-43-36(32-60-38)48-44(55)49-43)45-18-22-57-24-26-59-28-27-58-25-23-56-21-17-41(53)47-20-30-62-61-29-19-46-40(52)15-16-42(54)50-31-35-9-2-1-7-33(35)13-14-34-8-3-4-10-37(34)50/h1-4,7-10,36,38,43H,5-6,11-12,15-32H2,(H,45,51)(H,46,52)(H,47,53)(H2,48,49,55)/t36-,38-,43-/m0/s1. The van der Waals surface area contributed by atoms with E-state index in [0.717, 1.165) is 53.1 Å². The van der Waals surface area contributed by atoms with Gasteiger partial charge in [0.2, 0.25) is 23.6 Å². The van der Waals surface area contributed by atoms with Crippen molar-refractivity contribution < 1.29 is 42.9 Å². The average molecular weight is 913 g/mol. The Kier molecular flexibility index (Phi) is 22.7. The number of carbonyl (C=O) groups excluding carboxylic acids is 5. The van der Waals surface area contributed by atoms with Gasteiger partial charge in [0.15, 0.2) is 0 Å². The fourth-order valence-electron chi connectivity index (χ4n) is 6.87. The van der Waals surface area contributed by atoms with Crippen molar-refractivity contribution in [2.75, 3.05) is 94.6 Å². The van der Waals surface area contributed by atoms with Crippen molar-refractivity contribution in [1.29, 1.82) is 0 Å². The number of para-hydroxylation sites is 1. The second-order valence-corrected chi connectivity index (χ2v) is 18.6. The minimum absolute atomic E-state index is 0.0274. The molecule has 2 aromatic carbocycles. The van der Waals surface area contributed by atoms with Crippen LogP contribution in [0.15, 0.2) is 48.5 Å². The van der Waals surface area contributed by atoms with E-state index in [-0.39, 0.29) is 61.0 Å². The summed E-state index contributed by atoms with van der Waals surface area (Å²) >= 11 is 1.89. The predicted molar refractivity (Wildman–Crippen MR) is 245 cm³/mol. The van der Waals surface area contributed by atoms with Crippen LogP contribution >= 0.6 is 33.3 Å². The van der Waals surface area contributed by atoms with Gasteiger partial charge >= 0.3 is 6.03 Å². The number of hydrogen-bond donors (Lipinski definition) is 5. The molecule has 2 fully saturated rings. The lowest BCUT2D eigenvalue weighted by atomic mass is 10.0. The monoisotopic (exact) mass is 912 g/mol. The third-order valence-electron chi connectivity index (χ3n) is 10.1. The molecule has 2 aromatic rings. The molecule has 0 radical (unpaired) electrons. The van der Waals surface area contributed by atoms with E-state index in [1.807, 2.05) is 60.3 Å². The van der Waals surface area contributed by atoms with Gasteiger partial charge in [-0.1, -0.05) is 70.2 Å². The predicted octanol–water partition coefficient (Wildman–Crippen LogP) is 3.63. The number of anilines is 1. The zero-order valence-corrected chi connectivity index (χ0v) is 37.7. The Balaban J connectivity index is 0.737. The van der Waals surface area contributed by atoms with E-state index in [1.54, 1.807) is 26.5 Å². The lowest BCUT2D eigenvalue weighted by molar-refractivity contribution is -0.125. The Hall–Kier alpha value is -3.96. The lowest BCUT2D eigenvalue weighted by Gasteiger charge is -2.26. The van der Waals surface area contributed by atoms with Crippen LogP contribution in [-0.2, 0) is 44.7 Å². The van der Waals surface area contributed by atoms with Crippen LogP contribution in [0.5, 0.6) is 0 Å². The Morgan fingerprint density at radius 2 is 1.27 bits per heavy atom. The van der Waals surface area contributed by atoms with Gasteiger partial charge < -0.3 is 50.4 Å². The molecule has 0 unspecified atom stereocenters. The van der Waals surface area contributed by atoms with Gasteiger partial charge in [-0.3, -0.25) is 19.2 Å². The Morgan fingerprint density at radius 3 is 2.02 bits per heavy atom. The van der Waals surface area contributed by atoms with Crippen LogP contribution in [0.1, 0.15) is 61.6 Å². The first-order valence-electron chi connectivity index (χ1n) is 21.4. The zero-order valence-electron chi connectivity index (χ0n) is 35.3. The molecule has 5 rings (SSSR count). The minimum atomic E-state index is -0.162. The van der Waals surface area contributed by atoms with E-state index in [9.17, 15) is 24.0 Å². The normalized spacial score (nSPS) is 17.3. The molecule has 6 amide bonds. The number of ether oxygens (including phenoxy) is 4. The summed E-state index contributed by atoms with van der Waals surface area (Å²) in [5, 5.41) is 15.0. The van der Waals surface area contributed by atoms with Crippen molar-refractivity contribution in [3.8, 4) is 11.8 Å². The maximum Gasteiger partial charge on any atom is 0.315 e. The highest BCUT2D eigenvalue weighted by Gasteiger charge is 2.42. The number of fused-ring (bicyclic) bond motifs is 3. The topological polar surface area (TPSA) is 186 Å². The number of urea groups is 1. The van der Waals surface area contributed by atoms with Crippen LogP contribution in [0.4, 0.5) is 10.5 Å². The number of thioether (sulfide) groups is 1.